The van der Waals surface area contributed by atoms with E-state index in [-0.39, 0.29) is 5.91 Å². The molecule has 1 aliphatic heterocycles. The average molecular weight is 367 g/mol. The molecule has 0 unspecified atom stereocenters. The Balaban J connectivity index is 1.60. The van der Waals surface area contributed by atoms with Gasteiger partial charge in [0.15, 0.2) is 5.76 Å². The molecule has 132 valence electrons. The van der Waals surface area contributed by atoms with Crippen LogP contribution in [0.1, 0.15) is 16.1 Å². The van der Waals surface area contributed by atoms with Crippen molar-refractivity contribution < 1.29 is 9.21 Å². The van der Waals surface area contributed by atoms with Crippen LogP contribution in [0.5, 0.6) is 0 Å². The second-order valence-electron chi connectivity index (χ2n) is 6.42. The summed E-state index contributed by atoms with van der Waals surface area (Å²) in [5.74, 6) is 0.835. The van der Waals surface area contributed by atoms with E-state index >= 15 is 0 Å². The van der Waals surface area contributed by atoms with Gasteiger partial charge < -0.3 is 14.2 Å². The first-order chi connectivity index (χ1) is 12.6. The Morgan fingerprint density at radius 2 is 1.77 bits per heavy atom. The third-order valence-electron chi connectivity index (χ3n) is 4.71. The summed E-state index contributed by atoms with van der Waals surface area (Å²) in [6.45, 7) is 1.99. The normalized spacial score (nSPS) is 14.1. The zero-order valence-electron chi connectivity index (χ0n) is 14.5. The van der Waals surface area contributed by atoms with Crippen LogP contribution in [0.3, 0.4) is 0 Å². The Bertz CT molecular complexity index is 950. The van der Waals surface area contributed by atoms with Crippen LogP contribution in [0.2, 0.25) is 5.02 Å². The lowest BCUT2D eigenvalue weighted by atomic mass is 10.1. The molecule has 1 aliphatic rings. The number of amides is 1. The summed E-state index contributed by atoms with van der Waals surface area (Å²) in [5.41, 5.74) is 3.09. The molecule has 0 saturated carbocycles. The molecule has 2 aromatic carbocycles. The molecule has 0 spiro atoms. The van der Waals surface area contributed by atoms with Gasteiger partial charge in [-0.05, 0) is 35.9 Å². The molecule has 0 aliphatic carbocycles. The summed E-state index contributed by atoms with van der Waals surface area (Å²) in [6.07, 6.45) is 0. The molecule has 5 heteroatoms. The summed E-state index contributed by atoms with van der Waals surface area (Å²) in [5, 5.41) is 0.603. The second kappa shape index (κ2) is 6.89. The minimum atomic E-state index is -0.103. The smallest absolute Gasteiger partial charge is 0.289 e. The molecule has 0 fully saturated rings. The van der Waals surface area contributed by atoms with Gasteiger partial charge in [-0.1, -0.05) is 41.9 Å². The fourth-order valence-electron chi connectivity index (χ4n) is 3.28. The molecule has 0 saturated heterocycles. The molecular formula is C21H19ClN2O2. The quantitative estimate of drug-likeness (QED) is 0.660. The van der Waals surface area contributed by atoms with Crippen LogP contribution < -0.4 is 4.90 Å². The van der Waals surface area contributed by atoms with Crippen LogP contribution in [0.4, 0.5) is 5.69 Å². The highest BCUT2D eigenvalue weighted by molar-refractivity contribution is 6.33. The van der Waals surface area contributed by atoms with Gasteiger partial charge in [0.05, 0.1) is 5.02 Å². The summed E-state index contributed by atoms with van der Waals surface area (Å²) < 4.78 is 5.83. The van der Waals surface area contributed by atoms with Crippen molar-refractivity contribution in [1.29, 1.82) is 0 Å². The van der Waals surface area contributed by atoms with Crippen LogP contribution in [0, 0.1) is 0 Å². The fourth-order valence-corrected chi connectivity index (χ4v) is 3.51. The maximum Gasteiger partial charge on any atom is 0.289 e. The van der Waals surface area contributed by atoms with Crippen LogP contribution in [0.15, 0.2) is 65.1 Å². The van der Waals surface area contributed by atoms with Crippen LogP contribution in [-0.4, -0.2) is 30.9 Å². The minimum absolute atomic E-state index is 0.103. The van der Waals surface area contributed by atoms with Crippen molar-refractivity contribution in [1.82, 2.24) is 4.90 Å². The topological polar surface area (TPSA) is 36.7 Å². The molecule has 0 radical (unpaired) electrons. The lowest BCUT2D eigenvalue weighted by molar-refractivity contribution is 0.0720. The van der Waals surface area contributed by atoms with Gasteiger partial charge in [0, 0.05) is 37.9 Å². The third kappa shape index (κ3) is 3.08. The Hall–Kier alpha value is -2.72. The monoisotopic (exact) mass is 366 g/mol. The highest BCUT2D eigenvalue weighted by Gasteiger charge is 2.24. The average Bonchev–Trinajstić information content (AvgIpc) is 3.08. The first kappa shape index (κ1) is 16.7. The van der Waals surface area contributed by atoms with Crippen molar-refractivity contribution in [3.8, 4) is 11.3 Å². The van der Waals surface area contributed by atoms with E-state index in [9.17, 15) is 4.79 Å². The standard InChI is InChI=1S/C21H19ClN2O2/c1-23-12-13-24(14-15-6-2-5-9-18(15)23)21(25)20-11-10-19(26-20)16-7-3-4-8-17(16)22/h2-11H,12-14H2,1H3. The van der Waals surface area contributed by atoms with Gasteiger partial charge in [-0.25, -0.2) is 0 Å². The number of rotatable bonds is 2. The Kier molecular flexibility index (Phi) is 4.43. The van der Waals surface area contributed by atoms with Crippen LogP contribution in [0.25, 0.3) is 11.3 Å². The molecule has 0 N–H and O–H groups in total. The number of hydrogen-bond acceptors (Lipinski definition) is 3. The van der Waals surface area contributed by atoms with Gasteiger partial charge in [-0.15, -0.1) is 0 Å². The number of anilines is 1. The summed E-state index contributed by atoms with van der Waals surface area (Å²) in [7, 11) is 2.05. The first-order valence-electron chi connectivity index (χ1n) is 8.56. The van der Waals surface area contributed by atoms with Crippen molar-refractivity contribution in [2.45, 2.75) is 6.54 Å². The summed E-state index contributed by atoms with van der Waals surface area (Å²) in [6, 6.07) is 19.2. The number of hydrogen-bond donors (Lipinski definition) is 0. The Morgan fingerprint density at radius 3 is 2.62 bits per heavy atom. The van der Waals surface area contributed by atoms with Crippen LogP contribution in [-0.2, 0) is 6.54 Å². The van der Waals surface area contributed by atoms with Crippen LogP contribution >= 0.6 is 11.6 Å². The van der Waals surface area contributed by atoms with Gasteiger partial charge in [-0.3, -0.25) is 4.79 Å². The van der Waals surface area contributed by atoms with Crippen molar-refractivity contribution in [3.05, 3.63) is 77.0 Å². The lowest BCUT2D eigenvalue weighted by Crippen LogP contribution is -2.34. The van der Waals surface area contributed by atoms with Crippen molar-refractivity contribution >= 4 is 23.2 Å². The molecular weight excluding hydrogens is 348 g/mol. The fraction of sp³-hybridized carbons (Fsp3) is 0.190. The number of nitrogens with zero attached hydrogens (tertiary/aromatic N) is 2. The van der Waals surface area contributed by atoms with E-state index in [1.807, 2.05) is 41.3 Å². The van der Waals surface area contributed by atoms with Crippen molar-refractivity contribution in [2.24, 2.45) is 0 Å². The Labute approximate surface area is 157 Å². The van der Waals surface area contributed by atoms with E-state index in [0.29, 0.717) is 29.6 Å². The molecule has 1 aromatic heterocycles. The van der Waals surface area contributed by atoms with Gasteiger partial charge in [-0.2, -0.15) is 0 Å². The van der Waals surface area contributed by atoms with Gasteiger partial charge >= 0.3 is 0 Å². The number of likely N-dealkylation sites (N-methyl/N-ethyl adjacent to an activating group) is 1. The van der Waals surface area contributed by atoms with E-state index in [4.69, 9.17) is 16.0 Å². The molecule has 0 bridgehead atoms. The van der Waals surface area contributed by atoms with Crippen molar-refractivity contribution in [2.75, 3.05) is 25.0 Å². The second-order valence-corrected chi connectivity index (χ2v) is 6.83. The van der Waals surface area contributed by atoms with E-state index in [1.165, 1.54) is 5.69 Å². The maximum atomic E-state index is 13.0. The molecule has 4 nitrogen and oxygen atoms in total. The van der Waals surface area contributed by atoms with E-state index in [0.717, 1.165) is 17.7 Å². The van der Waals surface area contributed by atoms with Gasteiger partial charge in [0.1, 0.15) is 5.76 Å². The Morgan fingerprint density at radius 1 is 1.00 bits per heavy atom. The summed E-state index contributed by atoms with van der Waals surface area (Å²) in [4.78, 5) is 17.0. The first-order valence-corrected chi connectivity index (χ1v) is 8.94. The van der Waals surface area contributed by atoms with Crippen molar-refractivity contribution in [3.63, 3.8) is 0 Å². The zero-order chi connectivity index (χ0) is 18.1. The number of furan rings is 1. The number of carbonyl (C=O) groups is 1. The van der Waals surface area contributed by atoms with E-state index in [2.05, 4.69) is 24.1 Å². The molecule has 26 heavy (non-hydrogen) atoms. The minimum Gasteiger partial charge on any atom is -0.451 e. The van der Waals surface area contributed by atoms with E-state index in [1.54, 1.807) is 12.1 Å². The lowest BCUT2D eigenvalue weighted by Gasteiger charge is -2.20. The number of para-hydroxylation sites is 1. The maximum absolute atomic E-state index is 13.0. The van der Waals surface area contributed by atoms with Gasteiger partial charge in [0.2, 0.25) is 0 Å². The molecule has 2 heterocycles. The SMILES string of the molecule is CN1CCN(C(=O)c2ccc(-c3ccccc3Cl)o2)Cc2ccccc21. The highest BCUT2D eigenvalue weighted by atomic mass is 35.5. The molecule has 4 rings (SSSR count). The highest BCUT2D eigenvalue weighted by Crippen LogP contribution is 2.30. The molecule has 1 amide bonds. The number of benzene rings is 2. The van der Waals surface area contributed by atoms with E-state index < -0.39 is 0 Å². The summed E-state index contributed by atoms with van der Waals surface area (Å²) >= 11 is 6.23. The zero-order valence-corrected chi connectivity index (χ0v) is 15.2. The van der Waals surface area contributed by atoms with Gasteiger partial charge in [0.25, 0.3) is 5.91 Å². The number of fused-ring (bicyclic) bond motifs is 1. The predicted molar refractivity (Wildman–Crippen MR) is 104 cm³/mol. The predicted octanol–water partition coefficient (Wildman–Crippen LogP) is 4.69. The molecule has 0 atom stereocenters. The third-order valence-corrected chi connectivity index (χ3v) is 5.04. The number of halogens is 1. The molecule has 3 aromatic rings. The largest absolute Gasteiger partial charge is 0.451 e. The number of carbonyl (C=O) groups excluding carboxylic acids is 1.